The van der Waals surface area contributed by atoms with Crippen LogP contribution in [0.25, 0.3) is 0 Å². The molecule has 0 spiro atoms. The van der Waals surface area contributed by atoms with Gasteiger partial charge in [0.05, 0.1) is 6.04 Å². The molecule has 0 radical (unpaired) electrons. The number of nitrogens with one attached hydrogen (secondary N) is 2. The first-order valence-corrected chi connectivity index (χ1v) is 6.76. The fraction of sp³-hybridized carbons (Fsp3) is 0.467. The maximum atomic E-state index is 13.5. The number of nitrogens with zero attached hydrogens (tertiary/aromatic N) is 1. The van der Waals surface area contributed by atoms with Crippen LogP contribution in [0.15, 0.2) is 18.2 Å². The maximum absolute atomic E-state index is 13.5. The van der Waals surface area contributed by atoms with Gasteiger partial charge in [0, 0.05) is 14.1 Å². The monoisotopic (exact) mass is 295 g/mol. The van der Waals surface area contributed by atoms with Crippen molar-refractivity contribution in [2.24, 2.45) is 0 Å². The summed E-state index contributed by atoms with van der Waals surface area (Å²) in [4.78, 5) is 24.9. The van der Waals surface area contributed by atoms with Crippen LogP contribution in [0.4, 0.5) is 9.18 Å². The van der Waals surface area contributed by atoms with Gasteiger partial charge in [0.2, 0.25) is 5.91 Å². The molecular weight excluding hydrogens is 273 g/mol. The molecule has 6 heteroatoms. The third-order valence-corrected chi connectivity index (χ3v) is 3.20. The highest BCUT2D eigenvalue weighted by molar-refractivity contribution is 5.86. The number of carbonyl (C=O) groups is 2. The zero-order chi connectivity index (χ0) is 16.2. The third kappa shape index (κ3) is 4.73. The van der Waals surface area contributed by atoms with Crippen molar-refractivity contribution in [3.05, 3.63) is 35.1 Å². The van der Waals surface area contributed by atoms with Gasteiger partial charge in [0.15, 0.2) is 0 Å². The molecule has 5 nitrogen and oxygen atoms in total. The zero-order valence-electron chi connectivity index (χ0n) is 13.0. The molecule has 1 aromatic carbocycles. The van der Waals surface area contributed by atoms with E-state index in [-0.39, 0.29) is 17.8 Å². The topological polar surface area (TPSA) is 61.4 Å². The van der Waals surface area contributed by atoms with E-state index in [2.05, 4.69) is 10.6 Å². The predicted octanol–water partition coefficient (Wildman–Crippen LogP) is 1.97. The minimum atomic E-state index is -0.623. The van der Waals surface area contributed by atoms with Crippen LogP contribution in [0.2, 0.25) is 0 Å². The van der Waals surface area contributed by atoms with E-state index in [1.807, 2.05) is 0 Å². The highest BCUT2D eigenvalue weighted by atomic mass is 19.1. The van der Waals surface area contributed by atoms with Crippen molar-refractivity contribution in [1.29, 1.82) is 0 Å². The van der Waals surface area contributed by atoms with Crippen molar-refractivity contribution in [3.63, 3.8) is 0 Å². The molecular formula is C15H22FN3O2. The summed E-state index contributed by atoms with van der Waals surface area (Å²) in [7, 11) is 3.24. The van der Waals surface area contributed by atoms with Crippen molar-refractivity contribution in [2.45, 2.75) is 32.9 Å². The SMILES string of the molecule is Cc1ccc([C@@H](C)NC(=O)N[C@@H](C)C(=O)N(C)C)cc1F. The van der Waals surface area contributed by atoms with Crippen molar-refractivity contribution >= 4 is 11.9 Å². The Bertz CT molecular complexity index is 532. The van der Waals surface area contributed by atoms with Gasteiger partial charge in [-0.05, 0) is 38.0 Å². The number of rotatable bonds is 4. The Morgan fingerprint density at radius 3 is 2.33 bits per heavy atom. The Morgan fingerprint density at radius 2 is 1.81 bits per heavy atom. The third-order valence-electron chi connectivity index (χ3n) is 3.20. The van der Waals surface area contributed by atoms with Gasteiger partial charge >= 0.3 is 6.03 Å². The standard InChI is InChI=1S/C15H22FN3O2/c1-9-6-7-12(8-13(9)16)10(2)17-15(21)18-11(3)14(20)19(4)5/h6-8,10-11H,1-5H3,(H2,17,18,21)/t10-,11+/m1/s1. The molecule has 0 unspecified atom stereocenters. The summed E-state index contributed by atoms with van der Waals surface area (Å²) in [6.07, 6.45) is 0. The number of benzene rings is 1. The normalized spacial score (nSPS) is 13.2. The molecule has 1 rings (SSSR count). The van der Waals surface area contributed by atoms with Crippen molar-refractivity contribution < 1.29 is 14.0 Å². The molecule has 116 valence electrons. The Hall–Kier alpha value is -2.11. The van der Waals surface area contributed by atoms with Gasteiger partial charge in [0.1, 0.15) is 11.9 Å². The lowest BCUT2D eigenvalue weighted by Gasteiger charge is -2.20. The molecule has 0 aliphatic rings. The number of hydrogen-bond donors (Lipinski definition) is 2. The van der Waals surface area contributed by atoms with E-state index in [0.717, 1.165) is 0 Å². The first kappa shape index (κ1) is 16.9. The van der Waals surface area contributed by atoms with Crippen LogP contribution < -0.4 is 10.6 Å². The number of carbonyl (C=O) groups excluding carboxylic acids is 2. The van der Waals surface area contributed by atoms with Crippen molar-refractivity contribution in [2.75, 3.05) is 14.1 Å². The van der Waals surface area contributed by atoms with Crippen molar-refractivity contribution in [3.8, 4) is 0 Å². The van der Waals surface area contributed by atoms with Crippen LogP contribution in [0.1, 0.15) is 31.0 Å². The number of urea groups is 1. The average Bonchev–Trinajstić information content (AvgIpc) is 2.40. The second-order valence-electron chi connectivity index (χ2n) is 5.30. The summed E-state index contributed by atoms with van der Waals surface area (Å²) >= 11 is 0. The van der Waals surface area contributed by atoms with E-state index >= 15 is 0 Å². The fourth-order valence-electron chi connectivity index (χ4n) is 1.85. The Balaban J connectivity index is 2.61. The molecule has 0 saturated heterocycles. The summed E-state index contributed by atoms with van der Waals surface area (Å²) in [6, 6.07) is 3.38. The predicted molar refractivity (Wildman–Crippen MR) is 79.4 cm³/mol. The molecule has 0 aliphatic carbocycles. The largest absolute Gasteiger partial charge is 0.347 e. The quantitative estimate of drug-likeness (QED) is 0.892. The van der Waals surface area contributed by atoms with Gasteiger partial charge in [-0.25, -0.2) is 9.18 Å². The van der Waals surface area contributed by atoms with Crippen molar-refractivity contribution in [1.82, 2.24) is 15.5 Å². The van der Waals surface area contributed by atoms with Crippen LogP contribution in [-0.4, -0.2) is 37.0 Å². The lowest BCUT2D eigenvalue weighted by atomic mass is 10.1. The van der Waals surface area contributed by atoms with E-state index in [4.69, 9.17) is 0 Å². The first-order chi connectivity index (χ1) is 9.72. The van der Waals surface area contributed by atoms with E-state index in [9.17, 15) is 14.0 Å². The molecule has 0 heterocycles. The Kier molecular flexibility index (Phi) is 5.69. The molecule has 0 saturated carbocycles. The van der Waals surface area contributed by atoms with Gasteiger partial charge in [-0.3, -0.25) is 4.79 Å². The molecule has 21 heavy (non-hydrogen) atoms. The first-order valence-electron chi connectivity index (χ1n) is 6.76. The second-order valence-corrected chi connectivity index (χ2v) is 5.30. The average molecular weight is 295 g/mol. The summed E-state index contributed by atoms with van der Waals surface area (Å²) < 4.78 is 13.5. The van der Waals surface area contributed by atoms with Crippen LogP contribution in [-0.2, 0) is 4.79 Å². The lowest BCUT2D eigenvalue weighted by Crippen LogP contribution is -2.48. The van der Waals surface area contributed by atoms with Crippen LogP contribution in [0.5, 0.6) is 0 Å². The number of hydrogen-bond acceptors (Lipinski definition) is 2. The summed E-state index contributed by atoms with van der Waals surface area (Å²) in [6.45, 7) is 5.04. The Morgan fingerprint density at radius 1 is 1.19 bits per heavy atom. The number of likely N-dealkylation sites (N-methyl/N-ethyl adjacent to an activating group) is 1. The Labute approximate surface area is 124 Å². The highest BCUT2D eigenvalue weighted by Crippen LogP contribution is 2.16. The molecule has 1 aromatic rings. The van der Waals surface area contributed by atoms with Gasteiger partial charge in [-0.1, -0.05) is 12.1 Å². The number of aryl methyl sites for hydroxylation is 1. The second kappa shape index (κ2) is 7.06. The molecule has 2 atom stereocenters. The minimum absolute atomic E-state index is 0.195. The van der Waals surface area contributed by atoms with Gasteiger partial charge in [-0.15, -0.1) is 0 Å². The van der Waals surface area contributed by atoms with Gasteiger partial charge < -0.3 is 15.5 Å². The fourth-order valence-corrected chi connectivity index (χ4v) is 1.85. The molecule has 3 amide bonds. The van der Waals surface area contributed by atoms with Crippen LogP contribution in [0.3, 0.4) is 0 Å². The molecule has 0 bridgehead atoms. The lowest BCUT2D eigenvalue weighted by molar-refractivity contribution is -0.130. The molecule has 2 N–H and O–H groups in total. The van der Waals surface area contributed by atoms with Crippen LogP contribution in [0, 0.1) is 12.7 Å². The maximum Gasteiger partial charge on any atom is 0.315 e. The number of amides is 3. The number of halogens is 1. The minimum Gasteiger partial charge on any atom is -0.347 e. The van der Waals surface area contributed by atoms with E-state index in [1.54, 1.807) is 47.0 Å². The molecule has 0 aromatic heterocycles. The summed E-state index contributed by atoms with van der Waals surface area (Å²) in [5.41, 5.74) is 1.22. The van der Waals surface area contributed by atoms with E-state index < -0.39 is 12.1 Å². The summed E-state index contributed by atoms with van der Waals surface area (Å²) in [5, 5.41) is 5.23. The summed E-state index contributed by atoms with van der Waals surface area (Å²) in [5.74, 6) is -0.503. The molecule has 0 fully saturated rings. The van der Waals surface area contributed by atoms with Crippen LogP contribution >= 0.6 is 0 Å². The van der Waals surface area contributed by atoms with E-state index in [0.29, 0.717) is 11.1 Å². The van der Waals surface area contributed by atoms with Gasteiger partial charge in [-0.2, -0.15) is 0 Å². The van der Waals surface area contributed by atoms with Gasteiger partial charge in [0.25, 0.3) is 0 Å². The van der Waals surface area contributed by atoms with E-state index in [1.165, 1.54) is 11.0 Å². The zero-order valence-corrected chi connectivity index (χ0v) is 13.0. The molecule has 0 aliphatic heterocycles. The highest BCUT2D eigenvalue weighted by Gasteiger charge is 2.18. The smallest absolute Gasteiger partial charge is 0.315 e.